The molecule has 0 fully saturated rings. The minimum Gasteiger partial charge on any atom is -0.505 e. The molecule has 0 saturated carbocycles. The van der Waals surface area contributed by atoms with E-state index in [1.54, 1.807) is 12.1 Å². The van der Waals surface area contributed by atoms with Crippen LogP contribution >= 0.6 is 0 Å². The average molecular weight is 411 g/mol. The van der Waals surface area contributed by atoms with E-state index in [0.717, 1.165) is 23.2 Å². The Balaban J connectivity index is 1.91. The molecule has 0 amide bonds. The van der Waals surface area contributed by atoms with Crippen molar-refractivity contribution < 1.29 is 23.1 Å². The standard InChI is InChI=1S/C20H28F2O3Si2/c1-26(2,11-9-15-5-7-19(23)17(21)13-15)25-27(3,4)12-10-16-6-8-20(24)18(22)14-16/h5-8,13-14,23-24H,9-12H2,1-4H3. The summed E-state index contributed by atoms with van der Waals surface area (Å²) in [5.74, 6) is -1.84. The Labute approximate surface area is 161 Å². The number of aryl methyl sites for hydroxylation is 2. The summed E-state index contributed by atoms with van der Waals surface area (Å²) in [4.78, 5) is 0. The lowest BCUT2D eigenvalue weighted by Gasteiger charge is -2.34. The van der Waals surface area contributed by atoms with Gasteiger partial charge in [0.25, 0.3) is 0 Å². The molecule has 0 aromatic heterocycles. The van der Waals surface area contributed by atoms with Gasteiger partial charge in [-0.15, -0.1) is 0 Å². The molecule has 0 aliphatic rings. The molecule has 148 valence electrons. The number of rotatable bonds is 8. The normalized spacial score (nSPS) is 12.4. The van der Waals surface area contributed by atoms with Gasteiger partial charge in [-0.25, -0.2) is 8.78 Å². The molecule has 0 heterocycles. The van der Waals surface area contributed by atoms with E-state index in [-0.39, 0.29) is 11.5 Å². The van der Waals surface area contributed by atoms with Crippen molar-refractivity contribution in [1.29, 1.82) is 0 Å². The first-order chi connectivity index (χ1) is 12.5. The number of hydrogen-bond acceptors (Lipinski definition) is 3. The lowest BCUT2D eigenvalue weighted by molar-refractivity contribution is 0.431. The van der Waals surface area contributed by atoms with Crippen molar-refractivity contribution in [3.8, 4) is 11.5 Å². The highest BCUT2D eigenvalue weighted by Crippen LogP contribution is 2.26. The van der Waals surface area contributed by atoms with Crippen LogP contribution < -0.4 is 0 Å². The maximum atomic E-state index is 13.5. The Bertz CT molecular complexity index is 729. The molecule has 0 unspecified atom stereocenters. The highest BCUT2D eigenvalue weighted by atomic mass is 28.4. The summed E-state index contributed by atoms with van der Waals surface area (Å²) in [5, 5.41) is 18.6. The third-order valence-corrected chi connectivity index (χ3v) is 11.9. The smallest absolute Gasteiger partial charge is 0.173 e. The van der Waals surface area contributed by atoms with Gasteiger partial charge >= 0.3 is 0 Å². The van der Waals surface area contributed by atoms with E-state index in [0.29, 0.717) is 12.8 Å². The number of aromatic hydroxyl groups is 2. The molecule has 3 nitrogen and oxygen atoms in total. The zero-order chi connectivity index (χ0) is 20.2. The van der Waals surface area contributed by atoms with E-state index in [1.807, 2.05) is 0 Å². The number of halogens is 2. The number of benzene rings is 2. The van der Waals surface area contributed by atoms with Crippen LogP contribution in [0, 0.1) is 11.6 Å². The van der Waals surface area contributed by atoms with Crippen molar-refractivity contribution in [3.05, 3.63) is 59.2 Å². The third kappa shape index (κ3) is 6.75. The molecular formula is C20H28F2O3Si2. The topological polar surface area (TPSA) is 49.7 Å². The first-order valence-electron chi connectivity index (χ1n) is 9.12. The first kappa shape index (κ1) is 21.6. The van der Waals surface area contributed by atoms with Gasteiger partial charge in [-0.3, -0.25) is 0 Å². The molecular weight excluding hydrogens is 382 g/mol. The van der Waals surface area contributed by atoms with E-state index in [9.17, 15) is 19.0 Å². The van der Waals surface area contributed by atoms with Gasteiger partial charge in [-0.1, -0.05) is 12.1 Å². The van der Waals surface area contributed by atoms with Crippen LogP contribution in [-0.4, -0.2) is 26.8 Å². The van der Waals surface area contributed by atoms with Gasteiger partial charge < -0.3 is 14.3 Å². The lowest BCUT2D eigenvalue weighted by atomic mass is 10.1. The SMILES string of the molecule is C[Si](C)(CCc1ccc(O)c(F)c1)O[Si](C)(C)CCc1ccc(O)c(F)c1. The van der Waals surface area contributed by atoms with Gasteiger partial charge in [0.1, 0.15) is 0 Å². The first-order valence-corrected chi connectivity index (χ1v) is 15.4. The summed E-state index contributed by atoms with van der Waals surface area (Å²) in [6, 6.07) is 10.7. The molecule has 0 aliphatic carbocycles. The van der Waals surface area contributed by atoms with Crippen LogP contribution in [0.25, 0.3) is 0 Å². The molecule has 0 spiro atoms. The van der Waals surface area contributed by atoms with Crippen LogP contribution in [0.15, 0.2) is 36.4 Å². The molecule has 0 bridgehead atoms. The van der Waals surface area contributed by atoms with Crippen LogP contribution in [0.4, 0.5) is 8.78 Å². The summed E-state index contributed by atoms with van der Waals surface area (Å²) >= 11 is 0. The van der Waals surface area contributed by atoms with E-state index < -0.39 is 28.3 Å². The maximum absolute atomic E-state index is 13.5. The molecule has 2 rings (SSSR count). The van der Waals surface area contributed by atoms with Gasteiger partial charge in [-0.2, -0.15) is 0 Å². The van der Waals surface area contributed by atoms with Crippen LogP contribution in [0.3, 0.4) is 0 Å². The van der Waals surface area contributed by atoms with Crippen molar-refractivity contribution in [2.45, 2.75) is 51.1 Å². The minimum atomic E-state index is -1.95. The average Bonchev–Trinajstić information content (AvgIpc) is 2.56. The Kier molecular flexibility index (Phi) is 6.83. The molecule has 2 aromatic rings. The molecule has 0 radical (unpaired) electrons. The van der Waals surface area contributed by atoms with Crippen LogP contribution in [0.5, 0.6) is 11.5 Å². The maximum Gasteiger partial charge on any atom is 0.173 e. The molecule has 2 N–H and O–H groups in total. The quantitative estimate of drug-likeness (QED) is 0.558. The molecule has 2 aromatic carbocycles. The van der Waals surface area contributed by atoms with Gasteiger partial charge in [0.2, 0.25) is 0 Å². The van der Waals surface area contributed by atoms with E-state index in [1.165, 1.54) is 24.3 Å². The third-order valence-electron chi connectivity index (χ3n) is 4.61. The Hall–Kier alpha value is -1.71. The zero-order valence-corrected chi connectivity index (χ0v) is 18.4. The molecule has 7 heteroatoms. The van der Waals surface area contributed by atoms with Crippen molar-refractivity contribution >= 4 is 16.6 Å². The Morgan fingerprint density at radius 3 is 1.44 bits per heavy atom. The number of phenols is 2. The van der Waals surface area contributed by atoms with Gasteiger partial charge in [0, 0.05) is 0 Å². The van der Waals surface area contributed by atoms with Crippen LogP contribution in [0.2, 0.25) is 38.3 Å². The summed E-state index contributed by atoms with van der Waals surface area (Å²) in [7, 11) is -3.90. The molecule has 27 heavy (non-hydrogen) atoms. The highest BCUT2D eigenvalue weighted by Gasteiger charge is 2.32. The van der Waals surface area contributed by atoms with Gasteiger partial charge in [-0.05, 0) is 86.5 Å². The monoisotopic (exact) mass is 410 g/mol. The van der Waals surface area contributed by atoms with E-state index in [4.69, 9.17) is 4.12 Å². The second-order valence-corrected chi connectivity index (χ2v) is 17.0. The molecule has 0 atom stereocenters. The van der Waals surface area contributed by atoms with Crippen molar-refractivity contribution in [1.82, 2.24) is 0 Å². The van der Waals surface area contributed by atoms with Crippen molar-refractivity contribution in [2.75, 3.05) is 0 Å². The molecule has 0 aliphatic heterocycles. The van der Waals surface area contributed by atoms with E-state index in [2.05, 4.69) is 26.2 Å². The highest BCUT2D eigenvalue weighted by molar-refractivity contribution is 6.84. The predicted octanol–water partition coefficient (Wildman–Crippen LogP) is 5.59. The summed E-state index contributed by atoms with van der Waals surface area (Å²) < 4.78 is 33.5. The van der Waals surface area contributed by atoms with Crippen molar-refractivity contribution in [2.24, 2.45) is 0 Å². The summed E-state index contributed by atoms with van der Waals surface area (Å²) in [5.41, 5.74) is 1.71. The van der Waals surface area contributed by atoms with Gasteiger partial charge in [0.05, 0.1) is 0 Å². The van der Waals surface area contributed by atoms with Gasteiger partial charge in [0.15, 0.2) is 39.8 Å². The van der Waals surface area contributed by atoms with Crippen molar-refractivity contribution in [3.63, 3.8) is 0 Å². The lowest BCUT2D eigenvalue weighted by Crippen LogP contribution is -2.44. The Morgan fingerprint density at radius 1 is 0.741 bits per heavy atom. The van der Waals surface area contributed by atoms with Crippen LogP contribution in [-0.2, 0) is 17.0 Å². The largest absolute Gasteiger partial charge is 0.505 e. The zero-order valence-electron chi connectivity index (χ0n) is 16.4. The summed E-state index contributed by atoms with van der Waals surface area (Å²) in [6.45, 7) is 8.66. The minimum absolute atomic E-state index is 0.328. The second-order valence-electron chi connectivity index (χ2n) is 8.19. The fourth-order valence-electron chi connectivity index (χ4n) is 3.15. The predicted molar refractivity (Wildman–Crippen MR) is 109 cm³/mol. The fourth-order valence-corrected chi connectivity index (χ4v) is 11.7. The van der Waals surface area contributed by atoms with E-state index >= 15 is 0 Å². The van der Waals surface area contributed by atoms with Crippen LogP contribution in [0.1, 0.15) is 11.1 Å². The molecule has 0 saturated heterocycles. The number of hydrogen-bond donors (Lipinski definition) is 2. The second kappa shape index (κ2) is 8.54. The number of phenolic OH excluding ortho intramolecular Hbond substituents is 2. The fraction of sp³-hybridized carbons (Fsp3) is 0.400. The Morgan fingerprint density at radius 2 is 1.11 bits per heavy atom. The summed E-state index contributed by atoms with van der Waals surface area (Å²) in [6.07, 6.45) is 1.42.